The molecule has 9 heteroatoms. The van der Waals surface area contributed by atoms with Crippen molar-refractivity contribution in [1.82, 2.24) is 14.8 Å². The number of carbonyl (C=O) groups is 2. The molecule has 4 aromatic carbocycles. The predicted molar refractivity (Wildman–Crippen MR) is 178 cm³/mol. The number of alkyl halides is 3. The molecular formula is C38H32F3N3O2S. The van der Waals surface area contributed by atoms with Crippen molar-refractivity contribution in [2.45, 2.75) is 38.1 Å². The predicted octanol–water partition coefficient (Wildman–Crippen LogP) is 8.07. The van der Waals surface area contributed by atoms with E-state index in [-0.39, 0.29) is 12.5 Å². The van der Waals surface area contributed by atoms with Gasteiger partial charge in [-0.3, -0.25) is 9.59 Å². The van der Waals surface area contributed by atoms with Gasteiger partial charge in [-0.2, -0.15) is 13.2 Å². The number of hydrogen-bond donors (Lipinski definition) is 0. The van der Waals surface area contributed by atoms with Crippen LogP contribution in [-0.2, 0) is 41.7 Å². The van der Waals surface area contributed by atoms with E-state index in [0.29, 0.717) is 25.1 Å². The van der Waals surface area contributed by atoms with Gasteiger partial charge >= 0.3 is 6.18 Å². The number of amides is 2. The zero-order chi connectivity index (χ0) is 32.8. The molecular weight excluding hydrogens is 619 g/mol. The maximum atomic E-state index is 14.5. The van der Waals surface area contributed by atoms with E-state index in [1.807, 2.05) is 83.1 Å². The van der Waals surface area contributed by atoms with Gasteiger partial charge < -0.3 is 9.80 Å². The molecule has 1 unspecified atom stereocenters. The third-order valence-electron chi connectivity index (χ3n) is 8.30. The maximum absolute atomic E-state index is 14.5. The molecule has 5 aromatic rings. The number of aromatic nitrogens is 1. The molecule has 1 atom stereocenters. The average Bonchev–Trinajstić information content (AvgIpc) is 3.64. The number of benzene rings is 4. The third-order valence-corrected chi connectivity index (χ3v) is 9.12. The summed E-state index contributed by atoms with van der Waals surface area (Å²) >= 11 is 1.53. The van der Waals surface area contributed by atoms with Gasteiger partial charge in [-0.25, -0.2) is 4.98 Å². The lowest BCUT2D eigenvalue weighted by molar-refractivity contribution is -0.144. The lowest BCUT2D eigenvalue weighted by atomic mass is 9.97. The van der Waals surface area contributed by atoms with Gasteiger partial charge in [0, 0.05) is 49.3 Å². The maximum Gasteiger partial charge on any atom is 0.416 e. The Labute approximate surface area is 275 Å². The highest BCUT2D eigenvalue weighted by Crippen LogP contribution is 2.30. The van der Waals surface area contributed by atoms with Gasteiger partial charge in [0.1, 0.15) is 11.0 Å². The second kappa shape index (κ2) is 14.2. The van der Waals surface area contributed by atoms with Crippen LogP contribution in [0.3, 0.4) is 0 Å². The average molecular weight is 652 g/mol. The van der Waals surface area contributed by atoms with Crippen molar-refractivity contribution in [2.24, 2.45) is 0 Å². The highest BCUT2D eigenvalue weighted by molar-refractivity contribution is 7.13. The molecule has 0 saturated heterocycles. The fourth-order valence-corrected chi connectivity index (χ4v) is 6.41. The summed E-state index contributed by atoms with van der Waals surface area (Å²) in [6.07, 6.45) is 1.14. The van der Waals surface area contributed by atoms with Crippen LogP contribution < -0.4 is 0 Å². The molecule has 0 fully saturated rings. The summed E-state index contributed by atoms with van der Waals surface area (Å²) in [7, 11) is 0. The first-order valence-corrected chi connectivity index (χ1v) is 16.2. The van der Waals surface area contributed by atoms with Crippen LogP contribution in [0.2, 0.25) is 0 Å². The molecule has 0 radical (unpaired) electrons. The standard InChI is InChI=1S/C38H32F3N3O2S/c39-38(40,41)33-17-12-27(13-18-33)14-19-35(45)44(25-29-10-15-31(16-11-29)36-42-21-23-47-36)34(24-28-6-2-1-3-7-28)37(46)43-22-20-30-8-4-5-9-32(30)26-43/h1-19,21,23,34H,20,22,24-26H2. The van der Waals surface area contributed by atoms with Gasteiger partial charge in [0.2, 0.25) is 11.8 Å². The van der Waals surface area contributed by atoms with E-state index in [0.717, 1.165) is 45.8 Å². The van der Waals surface area contributed by atoms with Crippen LogP contribution in [0.25, 0.3) is 16.6 Å². The molecule has 0 spiro atoms. The van der Waals surface area contributed by atoms with E-state index < -0.39 is 23.7 Å². The highest BCUT2D eigenvalue weighted by atomic mass is 32.1. The van der Waals surface area contributed by atoms with Crippen molar-refractivity contribution < 1.29 is 22.8 Å². The van der Waals surface area contributed by atoms with E-state index in [2.05, 4.69) is 11.1 Å². The van der Waals surface area contributed by atoms with Crippen LogP contribution in [0.4, 0.5) is 13.2 Å². The molecule has 47 heavy (non-hydrogen) atoms. The Morgan fingerprint density at radius 3 is 2.26 bits per heavy atom. The van der Waals surface area contributed by atoms with Crippen molar-refractivity contribution >= 4 is 29.2 Å². The molecule has 0 N–H and O–H groups in total. The van der Waals surface area contributed by atoms with Gasteiger partial charge in [0.05, 0.1) is 5.56 Å². The van der Waals surface area contributed by atoms with Crippen molar-refractivity contribution in [2.75, 3.05) is 6.54 Å². The Kier molecular flexibility index (Phi) is 9.63. The fraction of sp³-hybridized carbons (Fsp3) is 0.184. The summed E-state index contributed by atoms with van der Waals surface area (Å²) in [5.74, 6) is -0.570. The molecule has 2 heterocycles. The molecule has 5 nitrogen and oxygen atoms in total. The van der Waals surface area contributed by atoms with E-state index in [9.17, 15) is 22.8 Å². The highest BCUT2D eigenvalue weighted by Gasteiger charge is 2.34. The number of halogens is 3. The van der Waals surface area contributed by atoms with Crippen LogP contribution in [0.15, 0.2) is 121 Å². The molecule has 1 aromatic heterocycles. The van der Waals surface area contributed by atoms with Crippen LogP contribution in [0.1, 0.15) is 33.4 Å². The summed E-state index contributed by atoms with van der Waals surface area (Å²) in [5, 5.41) is 2.79. The summed E-state index contributed by atoms with van der Waals surface area (Å²) in [6, 6.07) is 29.2. The van der Waals surface area contributed by atoms with Gasteiger partial charge in [0.25, 0.3) is 0 Å². The first-order valence-electron chi connectivity index (χ1n) is 15.3. The second-order valence-corrected chi connectivity index (χ2v) is 12.3. The quantitative estimate of drug-likeness (QED) is 0.152. The van der Waals surface area contributed by atoms with Crippen molar-refractivity contribution in [3.63, 3.8) is 0 Å². The Hall–Kier alpha value is -5.02. The zero-order valence-electron chi connectivity index (χ0n) is 25.4. The first-order chi connectivity index (χ1) is 22.7. The van der Waals surface area contributed by atoms with Crippen molar-refractivity contribution in [1.29, 1.82) is 0 Å². The van der Waals surface area contributed by atoms with Crippen molar-refractivity contribution in [3.8, 4) is 10.6 Å². The molecule has 1 aliphatic rings. The Bertz CT molecular complexity index is 1840. The van der Waals surface area contributed by atoms with E-state index >= 15 is 0 Å². The molecule has 0 bridgehead atoms. The second-order valence-electron chi connectivity index (χ2n) is 11.4. The van der Waals surface area contributed by atoms with Gasteiger partial charge in [-0.05, 0) is 52.4 Å². The molecule has 0 aliphatic carbocycles. The summed E-state index contributed by atoms with van der Waals surface area (Å²) in [5.41, 5.74) is 4.67. The molecule has 0 saturated carbocycles. The van der Waals surface area contributed by atoms with Crippen molar-refractivity contribution in [3.05, 3.63) is 154 Å². The molecule has 1 aliphatic heterocycles. The smallest absolute Gasteiger partial charge is 0.336 e. The number of rotatable bonds is 9. The Morgan fingerprint density at radius 2 is 1.57 bits per heavy atom. The van der Waals surface area contributed by atoms with E-state index in [1.165, 1.54) is 41.2 Å². The van der Waals surface area contributed by atoms with Gasteiger partial charge in [0.15, 0.2) is 0 Å². The van der Waals surface area contributed by atoms with Crippen LogP contribution in [0.5, 0.6) is 0 Å². The van der Waals surface area contributed by atoms with Crippen LogP contribution >= 0.6 is 11.3 Å². The molecule has 2 amide bonds. The summed E-state index contributed by atoms with van der Waals surface area (Å²) in [4.78, 5) is 36.3. The van der Waals surface area contributed by atoms with Gasteiger partial charge in [-0.15, -0.1) is 11.3 Å². The monoisotopic (exact) mass is 651 g/mol. The third kappa shape index (κ3) is 7.86. The number of carbonyl (C=O) groups excluding carboxylic acids is 2. The largest absolute Gasteiger partial charge is 0.416 e. The van der Waals surface area contributed by atoms with Crippen LogP contribution in [0, 0.1) is 0 Å². The lowest BCUT2D eigenvalue weighted by Crippen LogP contribution is -2.52. The zero-order valence-corrected chi connectivity index (χ0v) is 26.3. The lowest BCUT2D eigenvalue weighted by Gasteiger charge is -2.37. The van der Waals surface area contributed by atoms with Gasteiger partial charge in [-0.1, -0.05) is 91.0 Å². The minimum absolute atomic E-state index is 0.154. The summed E-state index contributed by atoms with van der Waals surface area (Å²) < 4.78 is 39.3. The fourth-order valence-electron chi connectivity index (χ4n) is 5.77. The minimum atomic E-state index is -4.45. The van der Waals surface area contributed by atoms with E-state index in [1.54, 1.807) is 11.1 Å². The molecule has 6 rings (SSSR count). The normalized spacial score (nSPS) is 13.7. The number of thiazole rings is 1. The number of hydrogen-bond acceptors (Lipinski definition) is 4. The molecule has 238 valence electrons. The minimum Gasteiger partial charge on any atom is -0.336 e. The van der Waals surface area contributed by atoms with Crippen LogP contribution in [-0.4, -0.2) is 39.2 Å². The Balaban J connectivity index is 1.33. The Morgan fingerprint density at radius 1 is 0.872 bits per heavy atom. The summed E-state index contributed by atoms with van der Waals surface area (Å²) in [6.45, 7) is 1.14. The number of fused-ring (bicyclic) bond motifs is 1. The topological polar surface area (TPSA) is 53.5 Å². The van der Waals surface area contributed by atoms with E-state index in [4.69, 9.17) is 0 Å². The SMILES string of the molecule is O=C(C(Cc1ccccc1)N(Cc1ccc(-c2nccs2)cc1)C(=O)C=Cc1ccc(C(F)(F)F)cc1)N1CCc2ccccc2C1. The first kappa shape index (κ1) is 31.9. The number of nitrogens with zero attached hydrogens (tertiary/aromatic N) is 3.